The topological polar surface area (TPSA) is 59.8 Å². The molecular formula is C26H36N4O3. The van der Waals surface area contributed by atoms with E-state index >= 15 is 0 Å². The summed E-state index contributed by atoms with van der Waals surface area (Å²) in [7, 11) is 2.21. The van der Waals surface area contributed by atoms with Crippen LogP contribution in [0.4, 0.5) is 0 Å². The zero-order valence-electron chi connectivity index (χ0n) is 20.1. The number of ether oxygens (including phenoxy) is 2. The molecule has 33 heavy (non-hydrogen) atoms. The maximum Gasteiger partial charge on any atom is 0.253 e. The van der Waals surface area contributed by atoms with Crippen molar-refractivity contribution in [2.45, 2.75) is 64.3 Å². The molecule has 2 fully saturated rings. The van der Waals surface area contributed by atoms with E-state index in [0.717, 1.165) is 43.4 Å². The van der Waals surface area contributed by atoms with Crippen LogP contribution < -0.4 is 4.74 Å². The summed E-state index contributed by atoms with van der Waals surface area (Å²) in [4.78, 5) is 22.4. The highest BCUT2D eigenvalue weighted by molar-refractivity contribution is 5.94. The lowest BCUT2D eigenvalue weighted by molar-refractivity contribution is -0.112. The molecule has 7 nitrogen and oxygen atoms in total. The number of rotatable bonds is 7. The number of hydrogen-bond acceptors (Lipinski definition) is 5. The summed E-state index contributed by atoms with van der Waals surface area (Å²) in [5.41, 5.74) is 1.57. The second-order valence-corrected chi connectivity index (χ2v) is 10.2. The van der Waals surface area contributed by atoms with Crippen LogP contribution in [-0.2, 0) is 23.4 Å². The number of aromatic nitrogens is 2. The molecule has 0 N–H and O–H groups in total. The van der Waals surface area contributed by atoms with Gasteiger partial charge < -0.3 is 23.8 Å². The minimum absolute atomic E-state index is 0.0561. The van der Waals surface area contributed by atoms with Crippen molar-refractivity contribution in [3.8, 4) is 5.75 Å². The molecule has 5 rings (SSSR count). The van der Waals surface area contributed by atoms with Crippen LogP contribution in [0.2, 0.25) is 0 Å². The van der Waals surface area contributed by atoms with Crippen LogP contribution in [-0.4, -0.2) is 64.7 Å². The van der Waals surface area contributed by atoms with Crippen molar-refractivity contribution in [1.82, 2.24) is 19.4 Å². The zero-order chi connectivity index (χ0) is 23.0. The molecule has 1 aromatic heterocycles. The van der Waals surface area contributed by atoms with Crippen molar-refractivity contribution >= 4 is 5.91 Å². The summed E-state index contributed by atoms with van der Waals surface area (Å²) < 4.78 is 14.5. The first-order chi connectivity index (χ1) is 15.9. The number of piperidine rings is 1. The van der Waals surface area contributed by atoms with E-state index in [1.807, 2.05) is 49.2 Å². The van der Waals surface area contributed by atoms with Crippen molar-refractivity contribution in [3.63, 3.8) is 0 Å². The SMILES string of the molecule is CC(C)Oc1cccc(C(=O)N2CCC3(CC2)OCCn2c(CN(C)CC4CC4)cnc23)c1. The Morgan fingerprint density at radius 1 is 1.27 bits per heavy atom. The third-order valence-corrected chi connectivity index (χ3v) is 7.05. The van der Waals surface area contributed by atoms with Crippen LogP contribution in [0.5, 0.6) is 5.75 Å². The normalized spacial score (nSPS) is 19.8. The highest BCUT2D eigenvalue weighted by Crippen LogP contribution is 2.39. The van der Waals surface area contributed by atoms with E-state index in [0.29, 0.717) is 25.3 Å². The van der Waals surface area contributed by atoms with Gasteiger partial charge in [-0.3, -0.25) is 4.79 Å². The third-order valence-electron chi connectivity index (χ3n) is 7.05. The molecule has 7 heteroatoms. The Bertz CT molecular complexity index is 989. The van der Waals surface area contributed by atoms with Crippen LogP contribution >= 0.6 is 0 Å². The molecule has 2 aliphatic heterocycles. The van der Waals surface area contributed by atoms with Crippen LogP contribution in [0, 0.1) is 5.92 Å². The lowest BCUT2D eigenvalue weighted by atomic mass is 9.89. The highest BCUT2D eigenvalue weighted by Gasteiger charge is 2.44. The molecule has 1 aliphatic carbocycles. The summed E-state index contributed by atoms with van der Waals surface area (Å²) in [6.07, 6.45) is 6.40. The molecule has 1 amide bonds. The van der Waals surface area contributed by atoms with E-state index in [4.69, 9.17) is 14.5 Å². The average molecular weight is 453 g/mol. The number of carbonyl (C=O) groups is 1. The fourth-order valence-electron chi connectivity index (χ4n) is 5.23. The van der Waals surface area contributed by atoms with Gasteiger partial charge in [0.25, 0.3) is 5.91 Å². The Labute approximate surface area is 196 Å². The van der Waals surface area contributed by atoms with Gasteiger partial charge >= 0.3 is 0 Å². The molecule has 3 heterocycles. The van der Waals surface area contributed by atoms with Crippen molar-refractivity contribution in [2.24, 2.45) is 5.92 Å². The van der Waals surface area contributed by atoms with E-state index in [2.05, 4.69) is 16.5 Å². The van der Waals surface area contributed by atoms with Gasteiger partial charge in [-0.1, -0.05) is 6.07 Å². The van der Waals surface area contributed by atoms with E-state index in [-0.39, 0.29) is 17.6 Å². The third kappa shape index (κ3) is 4.80. The van der Waals surface area contributed by atoms with Crippen LogP contribution in [0.15, 0.2) is 30.5 Å². The standard InChI is InChI=1S/C26H36N4O3/c1-19(2)33-23-6-4-5-21(15-23)24(31)29-11-9-26(10-12-29)25-27-16-22(30(25)13-14-32-26)18-28(3)17-20-7-8-20/h4-6,15-16,19-20H,7-14,17-18H2,1-3H3. The summed E-state index contributed by atoms with van der Waals surface area (Å²) >= 11 is 0. The minimum Gasteiger partial charge on any atom is -0.491 e. The molecule has 0 radical (unpaired) electrons. The van der Waals surface area contributed by atoms with Gasteiger partial charge in [0.05, 0.1) is 18.4 Å². The first-order valence-corrected chi connectivity index (χ1v) is 12.4. The van der Waals surface area contributed by atoms with Crippen molar-refractivity contribution in [3.05, 3.63) is 47.5 Å². The minimum atomic E-state index is -0.384. The highest BCUT2D eigenvalue weighted by atomic mass is 16.5. The van der Waals surface area contributed by atoms with Gasteiger partial charge in [0.1, 0.15) is 17.2 Å². The quantitative estimate of drug-likeness (QED) is 0.642. The lowest BCUT2D eigenvalue weighted by Gasteiger charge is -2.43. The number of carbonyl (C=O) groups excluding carboxylic acids is 1. The Balaban J connectivity index is 1.26. The number of benzene rings is 1. The molecule has 2 aromatic rings. The van der Waals surface area contributed by atoms with Gasteiger partial charge in [-0.05, 0) is 57.9 Å². The number of hydrogen-bond donors (Lipinski definition) is 0. The van der Waals surface area contributed by atoms with Gasteiger partial charge in [-0.25, -0.2) is 4.98 Å². The Morgan fingerprint density at radius 2 is 2.06 bits per heavy atom. The predicted octanol–water partition coefficient (Wildman–Crippen LogP) is 3.67. The van der Waals surface area contributed by atoms with Gasteiger partial charge in [0, 0.05) is 57.3 Å². The van der Waals surface area contributed by atoms with Gasteiger partial charge in [-0.2, -0.15) is 0 Å². The van der Waals surface area contributed by atoms with E-state index in [1.54, 1.807) is 0 Å². The Morgan fingerprint density at radius 3 is 2.79 bits per heavy atom. The smallest absolute Gasteiger partial charge is 0.253 e. The first-order valence-electron chi connectivity index (χ1n) is 12.4. The maximum absolute atomic E-state index is 13.2. The molecule has 3 aliphatic rings. The number of imidazole rings is 1. The first kappa shape index (κ1) is 22.4. The van der Waals surface area contributed by atoms with E-state index in [9.17, 15) is 4.79 Å². The molecule has 178 valence electrons. The molecular weight excluding hydrogens is 416 g/mol. The van der Waals surface area contributed by atoms with Crippen molar-refractivity contribution in [1.29, 1.82) is 0 Å². The number of fused-ring (bicyclic) bond motifs is 2. The monoisotopic (exact) mass is 452 g/mol. The van der Waals surface area contributed by atoms with Gasteiger partial charge in [0.15, 0.2) is 0 Å². The summed E-state index contributed by atoms with van der Waals surface area (Å²) in [5, 5.41) is 0. The predicted molar refractivity (Wildman–Crippen MR) is 126 cm³/mol. The lowest BCUT2D eigenvalue weighted by Crippen LogP contribution is -2.49. The molecule has 0 bridgehead atoms. The molecule has 1 saturated carbocycles. The number of nitrogens with zero attached hydrogens (tertiary/aromatic N) is 4. The molecule has 0 unspecified atom stereocenters. The molecule has 0 atom stereocenters. The second kappa shape index (κ2) is 9.11. The Kier molecular flexibility index (Phi) is 6.18. The molecule has 1 aromatic carbocycles. The Hall–Kier alpha value is -2.38. The summed E-state index contributed by atoms with van der Waals surface area (Å²) in [6.45, 7) is 8.96. The zero-order valence-corrected chi connectivity index (χ0v) is 20.1. The average Bonchev–Trinajstić information content (AvgIpc) is 3.51. The van der Waals surface area contributed by atoms with Crippen LogP contribution in [0.3, 0.4) is 0 Å². The number of likely N-dealkylation sites (tertiary alicyclic amines) is 1. The molecule has 1 saturated heterocycles. The fraction of sp³-hybridized carbons (Fsp3) is 0.615. The second-order valence-electron chi connectivity index (χ2n) is 10.2. The fourth-order valence-corrected chi connectivity index (χ4v) is 5.23. The summed E-state index contributed by atoms with van der Waals surface area (Å²) in [5.74, 6) is 2.72. The van der Waals surface area contributed by atoms with Gasteiger partial charge in [0.2, 0.25) is 0 Å². The van der Waals surface area contributed by atoms with Crippen LogP contribution in [0.1, 0.15) is 61.4 Å². The van der Waals surface area contributed by atoms with Crippen molar-refractivity contribution in [2.75, 3.05) is 33.3 Å². The van der Waals surface area contributed by atoms with E-state index in [1.165, 1.54) is 25.1 Å². The van der Waals surface area contributed by atoms with Crippen molar-refractivity contribution < 1.29 is 14.3 Å². The van der Waals surface area contributed by atoms with Crippen LogP contribution in [0.25, 0.3) is 0 Å². The largest absolute Gasteiger partial charge is 0.491 e. The molecule has 1 spiro atoms. The summed E-state index contributed by atoms with van der Waals surface area (Å²) in [6, 6.07) is 7.51. The van der Waals surface area contributed by atoms with Gasteiger partial charge in [-0.15, -0.1) is 0 Å². The van der Waals surface area contributed by atoms with E-state index < -0.39 is 0 Å². The maximum atomic E-state index is 13.2. The number of amides is 1.